The zero-order chi connectivity index (χ0) is 18.2. The number of rotatable bonds is 7. The summed E-state index contributed by atoms with van der Waals surface area (Å²) >= 11 is 0.607. The maximum Gasteiger partial charge on any atom is 0.398 e. The van der Waals surface area contributed by atoms with Crippen LogP contribution in [0.3, 0.4) is 0 Å². The Morgan fingerprint density at radius 3 is 2.38 bits per heavy atom. The quantitative estimate of drug-likeness (QED) is 0.515. The molecule has 0 bridgehead atoms. The van der Waals surface area contributed by atoms with Crippen LogP contribution in [-0.2, 0) is 4.79 Å². The summed E-state index contributed by atoms with van der Waals surface area (Å²) in [7, 11) is 0. The lowest BCUT2D eigenvalue weighted by Crippen LogP contribution is -2.38. The molecule has 0 saturated heterocycles. The van der Waals surface area contributed by atoms with Gasteiger partial charge in [0.15, 0.2) is 0 Å². The number of hydrogen-bond acceptors (Lipinski definition) is 3. The van der Waals surface area contributed by atoms with Crippen molar-refractivity contribution in [1.82, 2.24) is 10.6 Å². The number of carbonyl (C=O) groups excluding carboxylic acids is 2. The van der Waals surface area contributed by atoms with Gasteiger partial charge in [-0.3, -0.25) is 4.79 Å². The van der Waals surface area contributed by atoms with Crippen LogP contribution in [-0.4, -0.2) is 37.0 Å². The minimum Gasteiger partial charge on any atom is -0.354 e. The van der Waals surface area contributed by atoms with E-state index < -0.39 is 18.0 Å². The highest BCUT2D eigenvalue weighted by atomic mass is 32.2. The Morgan fingerprint density at radius 2 is 1.75 bits per heavy atom. The molecular weight excluding hydrogens is 343 g/mol. The number of para-hydroxylation sites is 1. The molecule has 0 saturated carbocycles. The number of nitrogens with one attached hydrogen (secondary N) is 3. The highest BCUT2D eigenvalue weighted by Gasteiger charge is 2.27. The number of benzene rings is 1. The van der Waals surface area contributed by atoms with E-state index in [1.165, 1.54) is 12.1 Å². The molecule has 24 heavy (non-hydrogen) atoms. The fourth-order valence-electron chi connectivity index (χ4n) is 1.59. The predicted octanol–water partition coefficient (Wildman–Crippen LogP) is 3.23. The molecule has 5 nitrogen and oxygen atoms in total. The molecule has 0 spiro atoms. The van der Waals surface area contributed by atoms with Gasteiger partial charge >= 0.3 is 12.2 Å². The summed E-state index contributed by atoms with van der Waals surface area (Å²) in [5.41, 5.74) is 0.301. The van der Waals surface area contributed by atoms with E-state index >= 15 is 0 Å². The zero-order valence-electron chi connectivity index (χ0n) is 13.4. The predicted molar refractivity (Wildman–Crippen MR) is 88.1 cm³/mol. The van der Waals surface area contributed by atoms with Crippen LogP contribution in [0.2, 0.25) is 0 Å². The summed E-state index contributed by atoms with van der Waals surface area (Å²) in [4.78, 5) is 23.5. The smallest absolute Gasteiger partial charge is 0.354 e. The minimum atomic E-state index is -4.28. The van der Waals surface area contributed by atoms with E-state index in [0.29, 0.717) is 22.3 Å². The molecule has 0 aromatic heterocycles. The first-order valence-electron chi connectivity index (χ1n) is 7.30. The van der Waals surface area contributed by atoms with Crippen molar-refractivity contribution in [2.24, 2.45) is 5.92 Å². The highest BCUT2D eigenvalue weighted by molar-refractivity contribution is 7.99. The summed E-state index contributed by atoms with van der Waals surface area (Å²) in [6.07, 6.45) is -4.28. The summed E-state index contributed by atoms with van der Waals surface area (Å²) in [6, 6.07) is 5.71. The van der Waals surface area contributed by atoms with Crippen molar-refractivity contribution in [2.75, 3.05) is 24.2 Å². The van der Waals surface area contributed by atoms with Gasteiger partial charge in [-0.25, -0.2) is 4.79 Å². The van der Waals surface area contributed by atoms with Crippen LogP contribution in [0.5, 0.6) is 0 Å². The number of carbonyl (C=O) groups is 2. The van der Waals surface area contributed by atoms with E-state index in [4.69, 9.17) is 0 Å². The first kappa shape index (κ1) is 20.1. The second-order valence-corrected chi connectivity index (χ2v) is 6.24. The van der Waals surface area contributed by atoms with Gasteiger partial charge in [-0.05, 0) is 12.1 Å². The van der Waals surface area contributed by atoms with E-state index in [9.17, 15) is 22.8 Å². The molecule has 0 aliphatic heterocycles. The van der Waals surface area contributed by atoms with Crippen LogP contribution in [0.25, 0.3) is 0 Å². The molecule has 1 aromatic rings. The lowest BCUT2D eigenvalue weighted by Gasteiger charge is -2.13. The Balaban J connectivity index is 2.45. The van der Waals surface area contributed by atoms with Crippen LogP contribution in [0, 0.1) is 5.92 Å². The van der Waals surface area contributed by atoms with Crippen LogP contribution in [0.1, 0.15) is 13.8 Å². The topological polar surface area (TPSA) is 70.2 Å². The van der Waals surface area contributed by atoms with E-state index in [-0.39, 0.29) is 24.9 Å². The lowest BCUT2D eigenvalue weighted by atomic mass is 10.2. The number of hydrogen-bond donors (Lipinski definition) is 3. The molecular formula is C15H20F3N3O2S. The van der Waals surface area contributed by atoms with Gasteiger partial charge in [0.1, 0.15) is 0 Å². The molecule has 0 aliphatic carbocycles. The Hall–Kier alpha value is -1.90. The van der Waals surface area contributed by atoms with Crippen LogP contribution in [0.15, 0.2) is 29.2 Å². The van der Waals surface area contributed by atoms with Gasteiger partial charge in [0.25, 0.3) is 0 Å². The SMILES string of the molecule is CC(C)C(=O)NCCNC(=O)Nc1ccccc1SCC(F)(F)F. The summed E-state index contributed by atoms with van der Waals surface area (Å²) < 4.78 is 36.9. The third kappa shape index (κ3) is 8.09. The second-order valence-electron chi connectivity index (χ2n) is 5.23. The van der Waals surface area contributed by atoms with Crippen molar-refractivity contribution in [3.8, 4) is 0 Å². The normalized spacial score (nSPS) is 11.2. The van der Waals surface area contributed by atoms with E-state index in [1.54, 1.807) is 26.0 Å². The first-order chi connectivity index (χ1) is 11.2. The molecule has 1 aromatic carbocycles. The van der Waals surface area contributed by atoms with Gasteiger partial charge in [-0.1, -0.05) is 26.0 Å². The zero-order valence-corrected chi connectivity index (χ0v) is 14.2. The fraction of sp³-hybridized carbons (Fsp3) is 0.467. The van der Waals surface area contributed by atoms with Crippen molar-refractivity contribution in [2.45, 2.75) is 24.9 Å². The van der Waals surface area contributed by atoms with Crippen LogP contribution >= 0.6 is 11.8 Å². The number of anilines is 1. The third-order valence-corrected chi connectivity index (χ3v) is 3.90. The molecule has 134 valence electrons. The molecule has 0 heterocycles. The van der Waals surface area contributed by atoms with E-state index in [1.807, 2.05) is 0 Å². The van der Waals surface area contributed by atoms with Gasteiger partial charge in [0, 0.05) is 23.9 Å². The number of amides is 3. The van der Waals surface area contributed by atoms with Gasteiger partial charge in [0.2, 0.25) is 5.91 Å². The molecule has 0 radical (unpaired) electrons. The molecule has 9 heteroatoms. The van der Waals surface area contributed by atoms with E-state index in [0.717, 1.165) is 0 Å². The monoisotopic (exact) mass is 363 g/mol. The Labute approximate surface area is 142 Å². The van der Waals surface area contributed by atoms with Crippen molar-refractivity contribution < 1.29 is 22.8 Å². The molecule has 0 atom stereocenters. The van der Waals surface area contributed by atoms with Gasteiger partial charge in [-0.15, -0.1) is 11.8 Å². The highest BCUT2D eigenvalue weighted by Crippen LogP contribution is 2.31. The van der Waals surface area contributed by atoms with Crippen molar-refractivity contribution in [3.63, 3.8) is 0 Å². The summed E-state index contributed by atoms with van der Waals surface area (Å²) in [5.74, 6) is -1.29. The molecule has 3 N–H and O–H groups in total. The minimum absolute atomic E-state index is 0.119. The molecule has 1 rings (SSSR count). The van der Waals surface area contributed by atoms with Crippen LogP contribution in [0.4, 0.5) is 23.7 Å². The largest absolute Gasteiger partial charge is 0.398 e. The second kappa shape index (κ2) is 9.41. The van der Waals surface area contributed by atoms with Gasteiger partial charge in [0.05, 0.1) is 11.4 Å². The first-order valence-corrected chi connectivity index (χ1v) is 8.28. The number of urea groups is 1. The molecule has 3 amide bonds. The number of halogens is 3. The summed E-state index contributed by atoms with van der Waals surface area (Å²) in [5, 5.41) is 7.67. The Bertz CT molecular complexity index is 565. The van der Waals surface area contributed by atoms with Crippen LogP contribution < -0.4 is 16.0 Å². The molecule has 0 fully saturated rings. The fourth-order valence-corrected chi connectivity index (χ4v) is 2.36. The maximum absolute atomic E-state index is 12.3. The Kier molecular flexibility index (Phi) is 7.90. The number of alkyl halides is 3. The standard InChI is InChI=1S/C15H20F3N3O2S/c1-10(2)13(22)19-7-8-20-14(23)21-11-5-3-4-6-12(11)24-9-15(16,17)18/h3-6,10H,7-9H2,1-2H3,(H,19,22)(H2,20,21,23). The summed E-state index contributed by atoms with van der Waals surface area (Å²) in [6.45, 7) is 3.99. The van der Waals surface area contributed by atoms with E-state index in [2.05, 4.69) is 16.0 Å². The number of thioether (sulfide) groups is 1. The molecule has 0 aliphatic rings. The maximum atomic E-state index is 12.3. The van der Waals surface area contributed by atoms with Crippen molar-refractivity contribution in [1.29, 1.82) is 0 Å². The van der Waals surface area contributed by atoms with Gasteiger partial charge in [-0.2, -0.15) is 13.2 Å². The average Bonchev–Trinajstić information content (AvgIpc) is 2.49. The third-order valence-electron chi connectivity index (χ3n) is 2.76. The Morgan fingerprint density at radius 1 is 1.12 bits per heavy atom. The average molecular weight is 363 g/mol. The lowest BCUT2D eigenvalue weighted by molar-refractivity contribution is -0.123. The van der Waals surface area contributed by atoms with Crippen molar-refractivity contribution in [3.05, 3.63) is 24.3 Å². The molecule has 0 unspecified atom stereocenters. The van der Waals surface area contributed by atoms with Crippen molar-refractivity contribution >= 4 is 29.4 Å². The van der Waals surface area contributed by atoms with Gasteiger partial charge < -0.3 is 16.0 Å².